The molecular formula is C17H18N4. The molecule has 106 valence electrons. The Morgan fingerprint density at radius 3 is 2.52 bits per heavy atom. The van der Waals surface area contributed by atoms with Crippen LogP contribution in [0.5, 0.6) is 0 Å². The number of para-hydroxylation sites is 1. The van der Waals surface area contributed by atoms with Gasteiger partial charge in [0.25, 0.3) is 0 Å². The van der Waals surface area contributed by atoms with Gasteiger partial charge in [-0.3, -0.25) is 0 Å². The first-order valence-corrected chi connectivity index (χ1v) is 6.91. The van der Waals surface area contributed by atoms with Gasteiger partial charge < -0.3 is 10.2 Å². The number of nitrogens with one attached hydrogen (secondary N) is 1. The van der Waals surface area contributed by atoms with Crippen molar-refractivity contribution in [1.29, 1.82) is 0 Å². The zero-order valence-corrected chi connectivity index (χ0v) is 12.5. The van der Waals surface area contributed by atoms with Gasteiger partial charge in [-0.05, 0) is 36.8 Å². The van der Waals surface area contributed by atoms with E-state index in [1.165, 1.54) is 5.56 Å². The van der Waals surface area contributed by atoms with E-state index in [9.17, 15) is 0 Å². The predicted molar refractivity (Wildman–Crippen MR) is 88.3 cm³/mol. The Labute approximate surface area is 124 Å². The SMILES string of the molecule is Cc1cccc(Nc2nc(N(C)C)c3ccccc3n2)c1. The van der Waals surface area contributed by atoms with Crippen LogP contribution in [0.25, 0.3) is 10.9 Å². The molecule has 4 heteroatoms. The topological polar surface area (TPSA) is 41.1 Å². The van der Waals surface area contributed by atoms with Crippen LogP contribution in [0.15, 0.2) is 48.5 Å². The lowest BCUT2D eigenvalue weighted by molar-refractivity contribution is 1.06. The molecule has 0 amide bonds. The Kier molecular flexibility index (Phi) is 3.44. The summed E-state index contributed by atoms with van der Waals surface area (Å²) in [5, 5.41) is 4.34. The molecule has 0 radical (unpaired) electrons. The van der Waals surface area contributed by atoms with Gasteiger partial charge in [0, 0.05) is 25.2 Å². The van der Waals surface area contributed by atoms with E-state index < -0.39 is 0 Å². The Morgan fingerprint density at radius 1 is 0.952 bits per heavy atom. The van der Waals surface area contributed by atoms with Crippen molar-refractivity contribution in [3.8, 4) is 0 Å². The summed E-state index contributed by atoms with van der Waals surface area (Å²) in [5.74, 6) is 1.53. The molecule has 0 saturated heterocycles. The van der Waals surface area contributed by atoms with Crippen LogP contribution in [-0.2, 0) is 0 Å². The smallest absolute Gasteiger partial charge is 0.229 e. The Bertz CT molecular complexity index is 781. The van der Waals surface area contributed by atoms with Gasteiger partial charge in [-0.1, -0.05) is 24.3 Å². The van der Waals surface area contributed by atoms with Gasteiger partial charge in [0.15, 0.2) is 0 Å². The molecule has 0 atom stereocenters. The quantitative estimate of drug-likeness (QED) is 0.792. The summed E-state index contributed by atoms with van der Waals surface area (Å²) in [6.45, 7) is 2.07. The molecular weight excluding hydrogens is 260 g/mol. The number of fused-ring (bicyclic) bond motifs is 1. The van der Waals surface area contributed by atoms with Crippen molar-refractivity contribution in [2.45, 2.75) is 6.92 Å². The molecule has 1 aromatic heterocycles. The van der Waals surface area contributed by atoms with Gasteiger partial charge in [-0.15, -0.1) is 0 Å². The summed E-state index contributed by atoms with van der Waals surface area (Å²) in [4.78, 5) is 11.2. The second-order valence-corrected chi connectivity index (χ2v) is 5.28. The summed E-state index contributed by atoms with van der Waals surface area (Å²) in [6.07, 6.45) is 0. The van der Waals surface area contributed by atoms with E-state index >= 15 is 0 Å². The van der Waals surface area contributed by atoms with Crippen LogP contribution in [0.2, 0.25) is 0 Å². The molecule has 0 aliphatic carbocycles. The minimum absolute atomic E-state index is 0.614. The minimum Gasteiger partial charge on any atom is -0.362 e. The van der Waals surface area contributed by atoms with Crippen LogP contribution >= 0.6 is 0 Å². The largest absolute Gasteiger partial charge is 0.362 e. The minimum atomic E-state index is 0.614. The zero-order chi connectivity index (χ0) is 14.8. The fraction of sp³-hybridized carbons (Fsp3) is 0.176. The van der Waals surface area contributed by atoms with Gasteiger partial charge in [0.05, 0.1) is 5.52 Å². The molecule has 0 bridgehead atoms. The summed E-state index contributed by atoms with van der Waals surface area (Å²) < 4.78 is 0. The maximum absolute atomic E-state index is 4.63. The van der Waals surface area contributed by atoms with E-state index in [2.05, 4.69) is 34.3 Å². The highest BCUT2D eigenvalue weighted by Crippen LogP contribution is 2.25. The third-order valence-corrected chi connectivity index (χ3v) is 3.28. The summed E-state index contributed by atoms with van der Waals surface area (Å²) in [5.41, 5.74) is 3.13. The van der Waals surface area contributed by atoms with Crippen LogP contribution in [0.1, 0.15) is 5.56 Å². The van der Waals surface area contributed by atoms with Crippen molar-refractivity contribution in [3.05, 3.63) is 54.1 Å². The lowest BCUT2D eigenvalue weighted by atomic mass is 10.2. The number of benzene rings is 2. The number of aryl methyl sites for hydroxylation is 1. The molecule has 0 aliphatic heterocycles. The van der Waals surface area contributed by atoms with E-state index in [0.717, 1.165) is 22.4 Å². The molecule has 4 nitrogen and oxygen atoms in total. The molecule has 21 heavy (non-hydrogen) atoms. The zero-order valence-electron chi connectivity index (χ0n) is 12.5. The first kappa shape index (κ1) is 13.4. The monoisotopic (exact) mass is 278 g/mol. The van der Waals surface area contributed by atoms with Crippen LogP contribution in [0.3, 0.4) is 0 Å². The normalized spacial score (nSPS) is 10.6. The Balaban J connectivity index is 2.07. The molecule has 0 spiro atoms. The number of hydrogen-bond donors (Lipinski definition) is 1. The standard InChI is InChI=1S/C17H18N4/c1-12-7-6-8-13(11-12)18-17-19-15-10-5-4-9-14(15)16(20-17)21(2)3/h4-11H,1-3H3,(H,18,19,20). The van der Waals surface area contributed by atoms with Gasteiger partial charge in [0.2, 0.25) is 5.95 Å². The van der Waals surface area contributed by atoms with Crippen molar-refractivity contribution in [2.75, 3.05) is 24.3 Å². The number of anilines is 3. The maximum Gasteiger partial charge on any atom is 0.229 e. The second kappa shape index (κ2) is 5.40. The molecule has 0 saturated carbocycles. The van der Waals surface area contributed by atoms with Gasteiger partial charge in [-0.25, -0.2) is 4.98 Å². The first-order valence-electron chi connectivity index (χ1n) is 6.91. The van der Waals surface area contributed by atoms with Crippen LogP contribution in [0.4, 0.5) is 17.5 Å². The van der Waals surface area contributed by atoms with Crippen LogP contribution < -0.4 is 10.2 Å². The highest BCUT2D eigenvalue weighted by atomic mass is 15.2. The van der Waals surface area contributed by atoms with Crippen LogP contribution in [-0.4, -0.2) is 24.1 Å². The number of nitrogens with zero attached hydrogens (tertiary/aromatic N) is 3. The van der Waals surface area contributed by atoms with Crippen molar-refractivity contribution < 1.29 is 0 Å². The number of aromatic nitrogens is 2. The van der Waals surface area contributed by atoms with Gasteiger partial charge in [0.1, 0.15) is 5.82 Å². The average Bonchev–Trinajstić information content (AvgIpc) is 2.46. The van der Waals surface area contributed by atoms with Gasteiger partial charge >= 0.3 is 0 Å². The summed E-state index contributed by atoms with van der Waals surface area (Å²) >= 11 is 0. The van der Waals surface area contributed by atoms with E-state index in [-0.39, 0.29) is 0 Å². The fourth-order valence-corrected chi connectivity index (χ4v) is 2.31. The predicted octanol–water partition coefficient (Wildman–Crippen LogP) is 3.75. The summed E-state index contributed by atoms with van der Waals surface area (Å²) in [6, 6.07) is 16.2. The molecule has 0 aliphatic rings. The van der Waals surface area contributed by atoms with Crippen molar-refractivity contribution in [3.63, 3.8) is 0 Å². The summed E-state index contributed by atoms with van der Waals surface area (Å²) in [7, 11) is 3.98. The lowest BCUT2D eigenvalue weighted by Gasteiger charge is -2.16. The molecule has 3 rings (SSSR count). The highest BCUT2D eigenvalue weighted by Gasteiger charge is 2.09. The molecule has 0 unspecified atom stereocenters. The lowest BCUT2D eigenvalue weighted by Crippen LogP contribution is -2.13. The average molecular weight is 278 g/mol. The van der Waals surface area contributed by atoms with E-state index in [4.69, 9.17) is 0 Å². The number of hydrogen-bond acceptors (Lipinski definition) is 4. The molecule has 1 heterocycles. The fourth-order valence-electron chi connectivity index (χ4n) is 2.31. The molecule has 3 aromatic rings. The van der Waals surface area contributed by atoms with Gasteiger partial charge in [-0.2, -0.15) is 4.98 Å². The second-order valence-electron chi connectivity index (χ2n) is 5.28. The number of rotatable bonds is 3. The molecule has 2 aromatic carbocycles. The van der Waals surface area contributed by atoms with Crippen molar-refractivity contribution in [2.24, 2.45) is 0 Å². The van der Waals surface area contributed by atoms with Crippen molar-refractivity contribution >= 4 is 28.4 Å². The van der Waals surface area contributed by atoms with E-state index in [1.54, 1.807) is 0 Å². The third kappa shape index (κ3) is 2.79. The molecule has 0 fully saturated rings. The maximum atomic E-state index is 4.63. The first-order chi connectivity index (χ1) is 10.1. The third-order valence-electron chi connectivity index (χ3n) is 3.28. The Hall–Kier alpha value is -2.62. The van der Waals surface area contributed by atoms with E-state index in [1.807, 2.05) is 55.4 Å². The Morgan fingerprint density at radius 2 is 1.76 bits per heavy atom. The highest BCUT2D eigenvalue weighted by molar-refractivity contribution is 5.90. The van der Waals surface area contributed by atoms with Crippen molar-refractivity contribution in [1.82, 2.24) is 9.97 Å². The van der Waals surface area contributed by atoms with E-state index in [0.29, 0.717) is 5.95 Å². The van der Waals surface area contributed by atoms with Crippen LogP contribution in [0, 0.1) is 6.92 Å². The molecule has 1 N–H and O–H groups in total.